The molecule has 11 heavy (non-hydrogen) atoms. The van der Waals surface area contributed by atoms with Gasteiger partial charge in [-0.25, -0.2) is 5.01 Å². The fourth-order valence-corrected chi connectivity index (χ4v) is 2.08. The van der Waals surface area contributed by atoms with Crippen molar-refractivity contribution in [1.82, 2.24) is 9.91 Å². The average Bonchev–Trinajstić information content (AvgIpc) is 2.43. The number of nitrogens with two attached hydrogens (primary N) is 1. The third-order valence-electron chi connectivity index (χ3n) is 2.69. The van der Waals surface area contributed by atoms with Gasteiger partial charge in [0, 0.05) is 32.1 Å². The Kier molecular flexibility index (Phi) is 1.40. The molecule has 2 fully saturated rings. The van der Waals surface area contributed by atoms with E-state index in [9.17, 15) is 4.79 Å². The quantitative estimate of drug-likeness (QED) is 0.464. The summed E-state index contributed by atoms with van der Waals surface area (Å²) >= 11 is 0. The molecule has 1 amide bonds. The monoisotopic (exact) mass is 155 g/mol. The molecule has 0 aromatic carbocycles. The van der Waals surface area contributed by atoms with Gasteiger partial charge >= 0.3 is 0 Å². The van der Waals surface area contributed by atoms with Crippen LogP contribution in [0.5, 0.6) is 0 Å². The Morgan fingerprint density at radius 1 is 1.45 bits per heavy atom. The van der Waals surface area contributed by atoms with Crippen LogP contribution in [0.3, 0.4) is 0 Å². The molecule has 0 radical (unpaired) electrons. The van der Waals surface area contributed by atoms with Crippen LogP contribution in [0.15, 0.2) is 0 Å². The van der Waals surface area contributed by atoms with Crippen molar-refractivity contribution >= 4 is 5.91 Å². The number of hydrogen-bond acceptors (Lipinski definition) is 3. The summed E-state index contributed by atoms with van der Waals surface area (Å²) in [7, 11) is 0. The number of hydrazine groups is 1. The SMILES string of the molecule is CC(=O)N1CC2CC1CN2N. The summed E-state index contributed by atoms with van der Waals surface area (Å²) in [4.78, 5) is 12.9. The van der Waals surface area contributed by atoms with E-state index in [1.165, 1.54) is 0 Å². The number of hydrogen-bond donors (Lipinski definition) is 1. The molecule has 4 heteroatoms. The van der Waals surface area contributed by atoms with Crippen LogP contribution in [0, 0.1) is 0 Å². The Bertz CT molecular complexity index is 192. The van der Waals surface area contributed by atoms with Gasteiger partial charge in [0.15, 0.2) is 0 Å². The van der Waals surface area contributed by atoms with Crippen molar-refractivity contribution in [2.75, 3.05) is 13.1 Å². The second-order valence-corrected chi connectivity index (χ2v) is 3.41. The summed E-state index contributed by atoms with van der Waals surface area (Å²) in [6.07, 6.45) is 1.07. The third-order valence-corrected chi connectivity index (χ3v) is 2.69. The minimum absolute atomic E-state index is 0.186. The van der Waals surface area contributed by atoms with E-state index < -0.39 is 0 Å². The van der Waals surface area contributed by atoms with Gasteiger partial charge in [0.05, 0.1) is 0 Å². The maximum absolute atomic E-state index is 11.0. The summed E-state index contributed by atoms with van der Waals surface area (Å²) in [5.74, 6) is 5.86. The molecule has 0 aliphatic carbocycles. The van der Waals surface area contributed by atoms with Gasteiger partial charge in [-0.2, -0.15) is 0 Å². The van der Waals surface area contributed by atoms with Gasteiger partial charge in [-0.05, 0) is 6.42 Å². The van der Waals surface area contributed by atoms with E-state index in [0.29, 0.717) is 12.1 Å². The average molecular weight is 155 g/mol. The van der Waals surface area contributed by atoms with Gasteiger partial charge in [-0.15, -0.1) is 0 Å². The largest absolute Gasteiger partial charge is 0.337 e. The van der Waals surface area contributed by atoms with Crippen molar-refractivity contribution < 1.29 is 4.79 Å². The lowest BCUT2D eigenvalue weighted by Gasteiger charge is -2.30. The van der Waals surface area contributed by atoms with E-state index >= 15 is 0 Å². The molecule has 0 spiro atoms. The normalized spacial score (nSPS) is 36.7. The molecule has 2 N–H and O–H groups in total. The maximum atomic E-state index is 11.0. The number of nitrogens with zero attached hydrogens (tertiary/aromatic N) is 2. The van der Waals surface area contributed by atoms with Gasteiger partial charge in [0.1, 0.15) is 0 Å². The Balaban J connectivity index is 2.08. The summed E-state index contributed by atoms with van der Waals surface area (Å²) < 4.78 is 0. The van der Waals surface area contributed by atoms with E-state index in [2.05, 4.69) is 0 Å². The molecule has 2 aliphatic rings. The number of fused-ring (bicyclic) bond motifs is 2. The zero-order chi connectivity index (χ0) is 8.01. The van der Waals surface area contributed by atoms with Gasteiger partial charge in [-0.1, -0.05) is 0 Å². The lowest BCUT2D eigenvalue weighted by atomic mass is 10.2. The molecule has 2 aliphatic heterocycles. The molecule has 2 unspecified atom stereocenters. The summed E-state index contributed by atoms with van der Waals surface area (Å²) in [6.45, 7) is 3.31. The fraction of sp³-hybridized carbons (Fsp3) is 0.857. The maximum Gasteiger partial charge on any atom is 0.219 e. The lowest BCUT2D eigenvalue weighted by molar-refractivity contribution is -0.131. The number of likely N-dealkylation sites (tertiary alicyclic amines) is 1. The number of amides is 1. The molecule has 62 valence electrons. The van der Waals surface area contributed by atoms with Crippen molar-refractivity contribution in [2.45, 2.75) is 25.4 Å². The smallest absolute Gasteiger partial charge is 0.219 e. The first-order valence-corrected chi connectivity index (χ1v) is 3.97. The number of rotatable bonds is 0. The molecular weight excluding hydrogens is 142 g/mol. The highest BCUT2D eigenvalue weighted by atomic mass is 16.2. The number of carbonyl (C=O) groups excluding carboxylic acids is 1. The first kappa shape index (κ1) is 7.06. The molecular formula is C7H13N3O. The molecule has 0 aromatic rings. The van der Waals surface area contributed by atoms with Crippen LogP contribution < -0.4 is 5.84 Å². The fourth-order valence-electron chi connectivity index (χ4n) is 2.08. The second kappa shape index (κ2) is 2.19. The van der Waals surface area contributed by atoms with Gasteiger partial charge in [0.25, 0.3) is 0 Å². The van der Waals surface area contributed by atoms with Crippen LogP contribution in [-0.2, 0) is 4.79 Å². The Morgan fingerprint density at radius 2 is 2.18 bits per heavy atom. The summed E-state index contributed by atoms with van der Waals surface area (Å²) in [6, 6.07) is 0.811. The second-order valence-electron chi connectivity index (χ2n) is 3.41. The van der Waals surface area contributed by atoms with Crippen molar-refractivity contribution in [2.24, 2.45) is 5.84 Å². The molecule has 2 heterocycles. The molecule has 0 saturated carbocycles. The first-order valence-electron chi connectivity index (χ1n) is 3.97. The van der Waals surface area contributed by atoms with Crippen LogP contribution >= 0.6 is 0 Å². The molecule has 2 atom stereocenters. The van der Waals surface area contributed by atoms with E-state index in [0.717, 1.165) is 19.5 Å². The van der Waals surface area contributed by atoms with E-state index in [-0.39, 0.29) is 5.91 Å². The van der Waals surface area contributed by atoms with Crippen LogP contribution in [-0.4, -0.2) is 41.0 Å². The lowest BCUT2D eigenvalue weighted by Crippen LogP contribution is -2.50. The van der Waals surface area contributed by atoms with E-state index in [1.807, 2.05) is 9.91 Å². The zero-order valence-electron chi connectivity index (χ0n) is 6.66. The minimum atomic E-state index is 0.186. The Hall–Kier alpha value is -0.610. The summed E-state index contributed by atoms with van der Waals surface area (Å²) in [5, 5.41) is 1.85. The first-order chi connectivity index (χ1) is 5.18. The van der Waals surface area contributed by atoms with Crippen molar-refractivity contribution in [3.8, 4) is 0 Å². The van der Waals surface area contributed by atoms with Gasteiger partial charge < -0.3 is 4.90 Å². The predicted octanol–water partition coefficient (Wildman–Crippen LogP) is -0.835. The minimum Gasteiger partial charge on any atom is -0.337 e. The Labute approximate surface area is 65.9 Å². The Morgan fingerprint density at radius 3 is 2.55 bits per heavy atom. The third kappa shape index (κ3) is 0.937. The number of piperazine rings is 1. The molecule has 2 rings (SSSR count). The van der Waals surface area contributed by atoms with Crippen LogP contribution in [0.2, 0.25) is 0 Å². The molecule has 2 bridgehead atoms. The topological polar surface area (TPSA) is 49.6 Å². The zero-order valence-corrected chi connectivity index (χ0v) is 6.66. The highest BCUT2D eigenvalue weighted by molar-refractivity contribution is 5.74. The van der Waals surface area contributed by atoms with Crippen LogP contribution in [0.1, 0.15) is 13.3 Å². The standard InChI is InChI=1S/C7H13N3O/c1-5(11)9-3-7-2-6(9)4-10(7)8/h6-7H,2-4,8H2,1H3. The predicted molar refractivity (Wildman–Crippen MR) is 40.5 cm³/mol. The highest BCUT2D eigenvalue weighted by Gasteiger charge is 2.42. The van der Waals surface area contributed by atoms with Gasteiger partial charge in [-0.3, -0.25) is 10.6 Å². The van der Waals surface area contributed by atoms with Crippen LogP contribution in [0.25, 0.3) is 0 Å². The van der Waals surface area contributed by atoms with Gasteiger partial charge in [0.2, 0.25) is 5.91 Å². The van der Waals surface area contributed by atoms with Crippen molar-refractivity contribution in [3.63, 3.8) is 0 Å². The molecule has 0 aromatic heterocycles. The van der Waals surface area contributed by atoms with E-state index in [1.54, 1.807) is 6.92 Å². The number of carbonyl (C=O) groups is 1. The highest BCUT2D eigenvalue weighted by Crippen LogP contribution is 2.27. The molecule has 2 saturated heterocycles. The molecule has 4 nitrogen and oxygen atoms in total. The van der Waals surface area contributed by atoms with Crippen LogP contribution in [0.4, 0.5) is 0 Å². The van der Waals surface area contributed by atoms with E-state index in [4.69, 9.17) is 5.84 Å². The van der Waals surface area contributed by atoms with Crippen molar-refractivity contribution in [3.05, 3.63) is 0 Å². The van der Waals surface area contributed by atoms with Crippen molar-refractivity contribution in [1.29, 1.82) is 0 Å². The summed E-state index contributed by atoms with van der Waals surface area (Å²) in [5.41, 5.74) is 0.